The molecule has 0 N–H and O–H groups in total. The van der Waals surface area contributed by atoms with Crippen LogP contribution in [-0.2, 0) is 10.0 Å². The Morgan fingerprint density at radius 2 is 1.88 bits per heavy atom. The van der Waals surface area contributed by atoms with Crippen molar-refractivity contribution in [2.75, 3.05) is 13.1 Å². The van der Waals surface area contributed by atoms with Gasteiger partial charge in [-0.25, -0.2) is 8.42 Å². The Labute approximate surface area is 101 Å². The van der Waals surface area contributed by atoms with E-state index in [0.717, 1.165) is 0 Å². The molecule has 0 saturated carbocycles. The summed E-state index contributed by atoms with van der Waals surface area (Å²) in [4.78, 5) is 2.68. The lowest BCUT2D eigenvalue weighted by Crippen LogP contribution is -2.30. The van der Waals surface area contributed by atoms with Gasteiger partial charge < -0.3 is 0 Å². The Morgan fingerprint density at radius 3 is 2.41 bits per heavy atom. The highest BCUT2D eigenvalue weighted by Crippen LogP contribution is 2.26. The molecule has 0 spiro atoms. The number of azide groups is 1. The Balaban J connectivity index is 3.37. The number of sulfonamides is 1. The van der Waals surface area contributed by atoms with E-state index in [1.165, 1.54) is 16.4 Å². The average Bonchev–Trinajstić information content (AvgIpc) is 2.31. The van der Waals surface area contributed by atoms with E-state index in [2.05, 4.69) is 10.0 Å². The predicted molar refractivity (Wildman–Crippen MR) is 65.4 cm³/mol. The summed E-state index contributed by atoms with van der Waals surface area (Å²) in [6, 6.07) is 6.16. The quantitative estimate of drug-likeness (QED) is 0.459. The maximum atomic E-state index is 12.2. The second-order valence-corrected chi connectivity index (χ2v) is 5.15. The SMILES string of the molecule is CCN(CC)S(=O)(=O)c1ccccc1N=[N+]=[N-]. The number of rotatable bonds is 5. The average molecular weight is 254 g/mol. The van der Waals surface area contributed by atoms with E-state index >= 15 is 0 Å². The third kappa shape index (κ3) is 2.76. The van der Waals surface area contributed by atoms with E-state index in [-0.39, 0.29) is 10.6 Å². The lowest BCUT2D eigenvalue weighted by molar-refractivity contribution is 0.445. The molecule has 17 heavy (non-hydrogen) atoms. The summed E-state index contributed by atoms with van der Waals surface area (Å²) in [5.74, 6) is 0. The third-order valence-electron chi connectivity index (χ3n) is 2.34. The Morgan fingerprint density at radius 1 is 1.29 bits per heavy atom. The van der Waals surface area contributed by atoms with Crippen molar-refractivity contribution in [3.05, 3.63) is 34.7 Å². The molecule has 0 radical (unpaired) electrons. The molecule has 0 atom stereocenters. The first kappa shape index (κ1) is 13.5. The Hall–Kier alpha value is -1.56. The van der Waals surface area contributed by atoms with E-state index in [1.54, 1.807) is 26.0 Å². The van der Waals surface area contributed by atoms with Crippen LogP contribution in [0.4, 0.5) is 5.69 Å². The minimum Gasteiger partial charge on any atom is -0.207 e. The fraction of sp³-hybridized carbons (Fsp3) is 0.400. The number of hydrogen-bond acceptors (Lipinski definition) is 3. The van der Waals surface area contributed by atoms with E-state index < -0.39 is 10.0 Å². The molecule has 1 aromatic carbocycles. The fourth-order valence-corrected chi connectivity index (χ4v) is 3.09. The van der Waals surface area contributed by atoms with Crippen LogP contribution < -0.4 is 0 Å². The molecule has 0 aromatic heterocycles. The van der Waals surface area contributed by atoms with E-state index in [4.69, 9.17) is 5.53 Å². The minimum atomic E-state index is -3.59. The van der Waals surface area contributed by atoms with Crippen LogP contribution in [0.25, 0.3) is 10.4 Å². The smallest absolute Gasteiger partial charge is 0.207 e. The van der Waals surface area contributed by atoms with Crippen molar-refractivity contribution in [1.29, 1.82) is 0 Å². The summed E-state index contributed by atoms with van der Waals surface area (Å²) in [5, 5.41) is 3.40. The number of benzene rings is 1. The van der Waals surface area contributed by atoms with Crippen LogP contribution in [0, 0.1) is 0 Å². The standard InChI is InChI=1S/C10H14N4O2S/c1-3-14(4-2)17(15,16)10-8-6-5-7-9(10)12-13-11/h5-8H,3-4H2,1-2H3. The van der Waals surface area contributed by atoms with Gasteiger partial charge in [0.15, 0.2) is 0 Å². The Kier molecular flexibility index (Phi) is 4.51. The summed E-state index contributed by atoms with van der Waals surface area (Å²) in [5.41, 5.74) is 8.54. The fourth-order valence-electron chi connectivity index (χ4n) is 1.51. The van der Waals surface area contributed by atoms with Crippen LogP contribution >= 0.6 is 0 Å². The van der Waals surface area contributed by atoms with Crippen molar-refractivity contribution in [3.63, 3.8) is 0 Å². The first-order valence-electron chi connectivity index (χ1n) is 5.22. The van der Waals surface area contributed by atoms with Crippen LogP contribution in [0.2, 0.25) is 0 Å². The molecule has 0 aliphatic carbocycles. The molecule has 0 heterocycles. The molecular weight excluding hydrogens is 240 g/mol. The van der Waals surface area contributed by atoms with Crippen LogP contribution in [0.1, 0.15) is 13.8 Å². The molecule has 1 aromatic rings. The zero-order valence-corrected chi connectivity index (χ0v) is 10.6. The molecule has 0 fully saturated rings. The van der Waals surface area contributed by atoms with Gasteiger partial charge >= 0.3 is 0 Å². The second-order valence-electron chi connectivity index (χ2n) is 3.25. The molecular formula is C10H14N4O2S. The summed E-state index contributed by atoms with van der Waals surface area (Å²) in [6.45, 7) is 4.28. The van der Waals surface area contributed by atoms with Gasteiger partial charge in [0.05, 0.1) is 10.6 Å². The van der Waals surface area contributed by atoms with Crippen molar-refractivity contribution in [3.8, 4) is 0 Å². The number of nitrogens with zero attached hydrogens (tertiary/aromatic N) is 4. The zero-order chi connectivity index (χ0) is 12.9. The normalized spacial score (nSPS) is 11.2. The maximum absolute atomic E-state index is 12.2. The van der Waals surface area contributed by atoms with Gasteiger partial charge in [0, 0.05) is 18.0 Å². The van der Waals surface area contributed by atoms with Crippen molar-refractivity contribution < 1.29 is 8.42 Å². The van der Waals surface area contributed by atoms with Crippen molar-refractivity contribution in [1.82, 2.24) is 4.31 Å². The van der Waals surface area contributed by atoms with Crippen molar-refractivity contribution in [2.45, 2.75) is 18.7 Å². The van der Waals surface area contributed by atoms with Gasteiger partial charge in [-0.05, 0) is 11.6 Å². The molecule has 92 valence electrons. The predicted octanol–water partition coefficient (Wildman–Crippen LogP) is 2.66. The van der Waals surface area contributed by atoms with E-state index in [1.807, 2.05) is 0 Å². The first-order valence-corrected chi connectivity index (χ1v) is 6.66. The van der Waals surface area contributed by atoms with Crippen LogP contribution in [0.15, 0.2) is 34.3 Å². The van der Waals surface area contributed by atoms with E-state index in [9.17, 15) is 8.42 Å². The highest BCUT2D eigenvalue weighted by molar-refractivity contribution is 7.89. The zero-order valence-electron chi connectivity index (χ0n) is 9.74. The summed E-state index contributed by atoms with van der Waals surface area (Å²) < 4.78 is 25.8. The maximum Gasteiger partial charge on any atom is 0.243 e. The minimum absolute atomic E-state index is 0.0431. The van der Waals surface area contributed by atoms with Gasteiger partial charge in [0.2, 0.25) is 10.0 Å². The first-order chi connectivity index (χ1) is 8.07. The molecule has 0 unspecified atom stereocenters. The van der Waals surface area contributed by atoms with Gasteiger partial charge in [-0.15, -0.1) is 0 Å². The number of hydrogen-bond donors (Lipinski definition) is 0. The van der Waals surface area contributed by atoms with Crippen LogP contribution in [0.3, 0.4) is 0 Å². The second kappa shape index (κ2) is 5.67. The van der Waals surface area contributed by atoms with Gasteiger partial charge in [0.1, 0.15) is 0 Å². The summed E-state index contributed by atoms with van der Waals surface area (Å²) in [7, 11) is -3.59. The topological polar surface area (TPSA) is 86.1 Å². The van der Waals surface area contributed by atoms with Gasteiger partial charge in [-0.1, -0.05) is 37.2 Å². The molecule has 0 bridgehead atoms. The molecule has 0 aliphatic rings. The van der Waals surface area contributed by atoms with Crippen LogP contribution in [-0.4, -0.2) is 25.8 Å². The molecule has 6 nitrogen and oxygen atoms in total. The monoisotopic (exact) mass is 254 g/mol. The Bertz CT molecular complexity index is 531. The molecule has 0 amide bonds. The van der Waals surface area contributed by atoms with E-state index in [0.29, 0.717) is 13.1 Å². The third-order valence-corrected chi connectivity index (χ3v) is 4.44. The highest BCUT2D eigenvalue weighted by atomic mass is 32.2. The van der Waals surface area contributed by atoms with Crippen molar-refractivity contribution in [2.24, 2.45) is 5.11 Å². The van der Waals surface area contributed by atoms with Gasteiger partial charge in [0.25, 0.3) is 0 Å². The summed E-state index contributed by atoms with van der Waals surface area (Å²) >= 11 is 0. The largest absolute Gasteiger partial charge is 0.243 e. The molecule has 1 rings (SSSR count). The summed E-state index contributed by atoms with van der Waals surface area (Å²) in [6.07, 6.45) is 0. The van der Waals surface area contributed by atoms with Gasteiger partial charge in [-0.3, -0.25) is 0 Å². The van der Waals surface area contributed by atoms with Gasteiger partial charge in [-0.2, -0.15) is 4.31 Å². The lowest BCUT2D eigenvalue weighted by atomic mass is 10.3. The molecule has 0 saturated heterocycles. The van der Waals surface area contributed by atoms with Crippen molar-refractivity contribution >= 4 is 15.7 Å². The lowest BCUT2D eigenvalue weighted by Gasteiger charge is -2.19. The van der Waals surface area contributed by atoms with Crippen LogP contribution in [0.5, 0.6) is 0 Å². The molecule has 7 heteroatoms. The highest BCUT2D eigenvalue weighted by Gasteiger charge is 2.23. The molecule has 0 aliphatic heterocycles.